The summed E-state index contributed by atoms with van der Waals surface area (Å²) >= 11 is 0. The van der Waals surface area contributed by atoms with E-state index >= 15 is 0 Å². The topological polar surface area (TPSA) is 41.6 Å². The molecule has 1 aromatic rings. The number of hydrogen-bond donors (Lipinski definition) is 1. The molecule has 1 unspecified atom stereocenters. The lowest BCUT2D eigenvalue weighted by Gasteiger charge is -2.28. The molecule has 0 fully saturated rings. The zero-order chi connectivity index (χ0) is 13.1. The molecule has 0 saturated heterocycles. The van der Waals surface area contributed by atoms with Gasteiger partial charge in [0.2, 0.25) is 5.91 Å². The molecule has 1 aliphatic heterocycles. The summed E-state index contributed by atoms with van der Waals surface area (Å²) in [6.45, 7) is 7.58. The van der Waals surface area contributed by atoms with Crippen LogP contribution in [0.4, 0.5) is 11.4 Å². The number of benzene rings is 1. The molecular weight excluding hydrogens is 228 g/mol. The number of fused-ring (bicyclic) bond motifs is 1. The number of ether oxygens (including phenoxy) is 1. The van der Waals surface area contributed by atoms with Crippen LogP contribution in [0.5, 0.6) is 5.75 Å². The Morgan fingerprint density at radius 1 is 1.44 bits per heavy atom. The van der Waals surface area contributed by atoms with E-state index in [2.05, 4.69) is 24.1 Å². The largest absolute Gasteiger partial charge is 0.492 e. The second kappa shape index (κ2) is 5.29. The molecule has 18 heavy (non-hydrogen) atoms. The molecular formula is C14H20N2O2. The molecule has 1 heterocycles. The van der Waals surface area contributed by atoms with Gasteiger partial charge in [0, 0.05) is 19.0 Å². The third-order valence-electron chi connectivity index (χ3n) is 3.23. The normalized spacial score (nSPS) is 18.9. The van der Waals surface area contributed by atoms with E-state index in [9.17, 15) is 4.79 Å². The first-order chi connectivity index (χ1) is 8.67. The van der Waals surface area contributed by atoms with Crippen LogP contribution in [0.1, 0.15) is 27.2 Å². The highest BCUT2D eigenvalue weighted by Crippen LogP contribution is 2.38. The van der Waals surface area contributed by atoms with Gasteiger partial charge in [0.1, 0.15) is 11.4 Å². The van der Waals surface area contributed by atoms with Crippen molar-refractivity contribution in [3.63, 3.8) is 0 Å². The summed E-state index contributed by atoms with van der Waals surface area (Å²) < 4.78 is 5.59. The van der Waals surface area contributed by atoms with Crippen molar-refractivity contribution in [1.29, 1.82) is 0 Å². The number of para-hydroxylation sites is 1. The zero-order valence-electron chi connectivity index (χ0n) is 11.2. The molecule has 0 aromatic heterocycles. The predicted octanol–water partition coefficient (Wildman–Crippen LogP) is 2.64. The molecule has 4 nitrogen and oxygen atoms in total. The van der Waals surface area contributed by atoms with Gasteiger partial charge < -0.3 is 15.0 Å². The standard InChI is InChI=1S/C14H20N2O2/c1-4-16-10(3)9-13(17)15-14-11(16)7-6-8-12(14)18-5-2/h6-8,10H,4-5,9H2,1-3H3,(H,15,17). The Hall–Kier alpha value is -1.71. The molecule has 1 N–H and O–H groups in total. The van der Waals surface area contributed by atoms with Crippen LogP contribution in [0.3, 0.4) is 0 Å². The number of rotatable bonds is 3. The lowest BCUT2D eigenvalue weighted by atomic mass is 10.1. The van der Waals surface area contributed by atoms with Gasteiger partial charge >= 0.3 is 0 Å². The predicted molar refractivity (Wildman–Crippen MR) is 73.3 cm³/mol. The van der Waals surface area contributed by atoms with Crippen LogP contribution in [0.15, 0.2) is 18.2 Å². The first-order valence-corrected chi connectivity index (χ1v) is 6.49. The quantitative estimate of drug-likeness (QED) is 0.894. The van der Waals surface area contributed by atoms with Crippen LogP contribution in [0, 0.1) is 0 Å². The fourth-order valence-corrected chi connectivity index (χ4v) is 2.45. The Labute approximate surface area is 108 Å². The van der Waals surface area contributed by atoms with Crippen molar-refractivity contribution in [1.82, 2.24) is 0 Å². The number of nitrogens with zero attached hydrogens (tertiary/aromatic N) is 1. The maximum atomic E-state index is 11.9. The molecule has 0 aliphatic carbocycles. The van der Waals surface area contributed by atoms with Gasteiger partial charge in [-0.3, -0.25) is 4.79 Å². The summed E-state index contributed by atoms with van der Waals surface area (Å²) in [6.07, 6.45) is 0.508. The van der Waals surface area contributed by atoms with E-state index in [0.29, 0.717) is 13.0 Å². The monoisotopic (exact) mass is 248 g/mol. The number of nitrogens with one attached hydrogen (secondary N) is 1. The number of amides is 1. The van der Waals surface area contributed by atoms with Crippen molar-refractivity contribution in [2.24, 2.45) is 0 Å². The molecule has 1 atom stereocenters. The van der Waals surface area contributed by atoms with E-state index in [0.717, 1.165) is 23.7 Å². The van der Waals surface area contributed by atoms with Crippen LogP contribution in [-0.4, -0.2) is 25.1 Å². The average molecular weight is 248 g/mol. The summed E-state index contributed by atoms with van der Waals surface area (Å²) in [4.78, 5) is 14.1. The van der Waals surface area contributed by atoms with Crippen LogP contribution >= 0.6 is 0 Å². The smallest absolute Gasteiger partial charge is 0.226 e. The highest BCUT2D eigenvalue weighted by Gasteiger charge is 2.25. The summed E-state index contributed by atoms with van der Waals surface area (Å²) in [5, 5.41) is 2.96. The third kappa shape index (κ3) is 2.28. The number of carbonyl (C=O) groups excluding carboxylic acids is 1. The van der Waals surface area contributed by atoms with Crippen LogP contribution in [-0.2, 0) is 4.79 Å². The highest BCUT2D eigenvalue weighted by atomic mass is 16.5. The van der Waals surface area contributed by atoms with Crippen molar-refractivity contribution in [2.75, 3.05) is 23.4 Å². The first kappa shape index (κ1) is 12.7. The lowest BCUT2D eigenvalue weighted by molar-refractivity contribution is -0.116. The van der Waals surface area contributed by atoms with Crippen LogP contribution in [0.2, 0.25) is 0 Å². The summed E-state index contributed by atoms with van der Waals surface area (Å²) in [5.41, 5.74) is 1.84. The Morgan fingerprint density at radius 3 is 2.89 bits per heavy atom. The van der Waals surface area contributed by atoms with Crippen molar-refractivity contribution in [3.8, 4) is 5.75 Å². The van der Waals surface area contributed by atoms with Crippen molar-refractivity contribution < 1.29 is 9.53 Å². The van der Waals surface area contributed by atoms with Gasteiger partial charge in [-0.2, -0.15) is 0 Å². The van der Waals surface area contributed by atoms with E-state index in [1.54, 1.807) is 0 Å². The molecule has 0 radical (unpaired) electrons. The summed E-state index contributed by atoms with van der Waals surface area (Å²) in [6, 6.07) is 6.10. The minimum absolute atomic E-state index is 0.0480. The number of anilines is 2. The minimum atomic E-state index is 0.0480. The van der Waals surface area contributed by atoms with Gasteiger partial charge in [-0.05, 0) is 32.9 Å². The molecule has 1 aliphatic rings. The van der Waals surface area contributed by atoms with E-state index in [1.807, 2.05) is 25.1 Å². The summed E-state index contributed by atoms with van der Waals surface area (Å²) in [5.74, 6) is 0.794. The van der Waals surface area contributed by atoms with Gasteiger partial charge in [-0.1, -0.05) is 6.07 Å². The van der Waals surface area contributed by atoms with Gasteiger partial charge in [0.05, 0.1) is 12.3 Å². The fraction of sp³-hybridized carbons (Fsp3) is 0.500. The van der Waals surface area contributed by atoms with Crippen LogP contribution < -0.4 is 15.0 Å². The molecule has 1 amide bonds. The number of carbonyl (C=O) groups is 1. The first-order valence-electron chi connectivity index (χ1n) is 6.49. The molecule has 0 spiro atoms. The van der Waals surface area contributed by atoms with Crippen molar-refractivity contribution >= 4 is 17.3 Å². The van der Waals surface area contributed by atoms with Gasteiger partial charge in [0.15, 0.2) is 0 Å². The molecule has 0 bridgehead atoms. The Kier molecular flexibility index (Phi) is 3.75. The summed E-state index contributed by atoms with van der Waals surface area (Å²) in [7, 11) is 0. The zero-order valence-corrected chi connectivity index (χ0v) is 11.2. The Morgan fingerprint density at radius 2 is 2.22 bits per heavy atom. The molecule has 4 heteroatoms. The second-order valence-corrected chi connectivity index (χ2v) is 4.47. The van der Waals surface area contributed by atoms with E-state index in [4.69, 9.17) is 4.74 Å². The van der Waals surface area contributed by atoms with Crippen molar-refractivity contribution in [3.05, 3.63) is 18.2 Å². The molecule has 98 valence electrons. The van der Waals surface area contributed by atoms with E-state index in [1.165, 1.54) is 0 Å². The van der Waals surface area contributed by atoms with E-state index in [-0.39, 0.29) is 11.9 Å². The van der Waals surface area contributed by atoms with Gasteiger partial charge in [-0.15, -0.1) is 0 Å². The average Bonchev–Trinajstić information content (AvgIpc) is 2.45. The Balaban J connectivity index is 2.50. The minimum Gasteiger partial charge on any atom is -0.492 e. The SMILES string of the molecule is CCOc1cccc2c1NC(=O)CC(C)N2CC. The third-order valence-corrected chi connectivity index (χ3v) is 3.23. The van der Waals surface area contributed by atoms with E-state index < -0.39 is 0 Å². The Bertz CT molecular complexity index is 445. The van der Waals surface area contributed by atoms with Crippen LogP contribution in [0.25, 0.3) is 0 Å². The van der Waals surface area contributed by atoms with Gasteiger partial charge in [-0.25, -0.2) is 0 Å². The molecule has 2 rings (SSSR count). The number of hydrogen-bond acceptors (Lipinski definition) is 3. The molecule has 0 saturated carbocycles. The second-order valence-electron chi connectivity index (χ2n) is 4.47. The van der Waals surface area contributed by atoms with Crippen molar-refractivity contribution in [2.45, 2.75) is 33.2 Å². The molecule has 1 aromatic carbocycles. The lowest BCUT2D eigenvalue weighted by Crippen LogP contribution is -2.33. The maximum Gasteiger partial charge on any atom is 0.226 e. The maximum absolute atomic E-state index is 11.9. The van der Waals surface area contributed by atoms with Gasteiger partial charge in [0.25, 0.3) is 0 Å². The fourth-order valence-electron chi connectivity index (χ4n) is 2.45. The highest BCUT2D eigenvalue weighted by molar-refractivity contribution is 5.98.